The number of nitrogens with one attached hydrogen (secondary N) is 2. The fraction of sp³-hybridized carbons (Fsp3) is 0.455. The largest absolute Gasteiger partial charge is 0.493 e. The molecule has 8 heteroatoms. The summed E-state index contributed by atoms with van der Waals surface area (Å²) in [7, 11) is 3.19. The van der Waals surface area contributed by atoms with Crippen molar-refractivity contribution < 1.29 is 14.3 Å². The Bertz CT molecular complexity index is 923. The van der Waals surface area contributed by atoms with Crippen molar-refractivity contribution >= 4 is 18.3 Å². The van der Waals surface area contributed by atoms with E-state index in [0.29, 0.717) is 30.0 Å². The smallest absolute Gasteiger partial charge is 0.263 e. The molecule has 1 aromatic heterocycles. The molecule has 3 rings (SSSR count). The van der Waals surface area contributed by atoms with Crippen molar-refractivity contribution in [2.75, 3.05) is 27.3 Å². The number of hydrogen-bond donors (Lipinski definition) is 2. The van der Waals surface area contributed by atoms with E-state index in [9.17, 15) is 9.59 Å². The maximum Gasteiger partial charge on any atom is 0.263 e. The maximum atomic E-state index is 13.0. The highest BCUT2D eigenvalue weighted by Gasteiger charge is 2.20. The van der Waals surface area contributed by atoms with Crippen molar-refractivity contribution in [1.82, 2.24) is 15.2 Å². The summed E-state index contributed by atoms with van der Waals surface area (Å²) in [6.45, 7) is 4.04. The summed E-state index contributed by atoms with van der Waals surface area (Å²) < 4.78 is 12.2. The van der Waals surface area contributed by atoms with Gasteiger partial charge in [-0.05, 0) is 68.6 Å². The standard InChI is InChI=1S/C22H29N3O4.ClH/c1-15-8-12-25(13-9-16-4-5-18(28-2)19(14-16)29-3)22(27)20(15)21(26)24-17-6-10-23-11-7-17;/h4-5,8,12,14,17,23H,6-7,9-11,13H2,1-3H3,(H,24,26);1H. The zero-order valence-corrected chi connectivity index (χ0v) is 18.5. The summed E-state index contributed by atoms with van der Waals surface area (Å²) in [5.41, 5.74) is 1.70. The van der Waals surface area contributed by atoms with E-state index in [1.165, 1.54) is 0 Å². The van der Waals surface area contributed by atoms with Gasteiger partial charge in [-0.15, -0.1) is 12.4 Å². The van der Waals surface area contributed by atoms with Crippen LogP contribution in [0, 0.1) is 6.92 Å². The van der Waals surface area contributed by atoms with Crippen molar-refractivity contribution in [1.29, 1.82) is 0 Å². The molecule has 0 atom stereocenters. The molecule has 0 radical (unpaired) electrons. The second-order valence-electron chi connectivity index (χ2n) is 7.31. The number of ether oxygens (including phenoxy) is 2. The predicted molar refractivity (Wildman–Crippen MR) is 119 cm³/mol. The lowest BCUT2D eigenvalue weighted by atomic mass is 10.1. The molecule has 30 heavy (non-hydrogen) atoms. The molecule has 0 unspecified atom stereocenters. The van der Waals surface area contributed by atoms with E-state index >= 15 is 0 Å². The first-order valence-electron chi connectivity index (χ1n) is 9.96. The number of aryl methyl sites for hydroxylation is 3. The number of rotatable bonds is 7. The van der Waals surface area contributed by atoms with Gasteiger partial charge in [-0.3, -0.25) is 9.59 Å². The summed E-state index contributed by atoms with van der Waals surface area (Å²) in [5, 5.41) is 6.30. The van der Waals surface area contributed by atoms with E-state index in [1.807, 2.05) is 24.3 Å². The Morgan fingerprint density at radius 1 is 1.17 bits per heavy atom. The number of carbonyl (C=O) groups is 1. The average molecular weight is 436 g/mol. The van der Waals surface area contributed by atoms with Crippen LogP contribution in [0.25, 0.3) is 0 Å². The highest BCUT2D eigenvalue weighted by atomic mass is 35.5. The minimum atomic E-state index is -0.278. The fourth-order valence-corrected chi connectivity index (χ4v) is 3.63. The molecule has 7 nitrogen and oxygen atoms in total. The van der Waals surface area contributed by atoms with Crippen LogP contribution in [0.1, 0.15) is 34.3 Å². The molecule has 164 valence electrons. The first-order valence-corrected chi connectivity index (χ1v) is 9.96. The van der Waals surface area contributed by atoms with Gasteiger partial charge < -0.3 is 24.7 Å². The van der Waals surface area contributed by atoms with E-state index < -0.39 is 0 Å². The third kappa shape index (κ3) is 5.55. The SMILES string of the molecule is COc1ccc(CCn2ccc(C)c(C(=O)NC3CCNCC3)c2=O)cc1OC.Cl. The van der Waals surface area contributed by atoms with Crippen molar-refractivity contribution in [3.63, 3.8) is 0 Å². The molecule has 2 heterocycles. The number of nitrogens with zero attached hydrogens (tertiary/aromatic N) is 1. The topological polar surface area (TPSA) is 81.6 Å². The number of halogens is 1. The Labute approximate surface area is 183 Å². The van der Waals surface area contributed by atoms with E-state index in [4.69, 9.17) is 9.47 Å². The molecule has 0 saturated carbocycles. The molecule has 0 spiro atoms. The van der Waals surface area contributed by atoms with Crippen LogP contribution in [-0.2, 0) is 13.0 Å². The highest BCUT2D eigenvalue weighted by Crippen LogP contribution is 2.27. The summed E-state index contributed by atoms with van der Waals surface area (Å²) in [6.07, 6.45) is 4.15. The van der Waals surface area contributed by atoms with Gasteiger partial charge >= 0.3 is 0 Å². The fourth-order valence-electron chi connectivity index (χ4n) is 3.63. The third-order valence-corrected chi connectivity index (χ3v) is 5.36. The van der Waals surface area contributed by atoms with Gasteiger partial charge in [-0.1, -0.05) is 6.07 Å². The van der Waals surface area contributed by atoms with Crippen molar-refractivity contribution in [3.8, 4) is 11.5 Å². The van der Waals surface area contributed by atoms with Gasteiger partial charge in [-0.2, -0.15) is 0 Å². The predicted octanol–water partition coefficient (Wildman–Crippen LogP) is 2.32. The van der Waals surface area contributed by atoms with Crippen molar-refractivity contribution in [3.05, 3.63) is 57.5 Å². The molecule has 1 fully saturated rings. The maximum absolute atomic E-state index is 13.0. The van der Waals surface area contributed by atoms with Crippen LogP contribution in [0.15, 0.2) is 35.3 Å². The van der Waals surface area contributed by atoms with Crippen LogP contribution in [0.5, 0.6) is 11.5 Å². The summed E-state index contributed by atoms with van der Waals surface area (Å²) in [5.74, 6) is 1.05. The van der Waals surface area contributed by atoms with E-state index in [0.717, 1.165) is 31.5 Å². The van der Waals surface area contributed by atoms with Crippen LogP contribution in [-0.4, -0.2) is 43.8 Å². The molecule has 1 aliphatic rings. The number of aromatic nitrogens is 1. The molecule has 0 bridgehead atoms. The number of carbonyl (C=O) groups excluding carboxylic acids is 1. The van der Waals surface area contributed by atoms with Crippen molar-refractivity contribution in [2.45, 2.75) is 38.8 Å². The Morgan fingerprint density at radius 3 is 2.53 bits per heavy atom. The molecule has 1 saturated heterocycles. The highest BCUT2D eigenvalue weighted by molar-refractivity contribution is 5.95. The summed E-state index contributed by atoms with van der Waals surface area (Å²) >= 11 is 0. The number of benzene rings is 1. The quantitative estimate of drug-likeness (QED) is 0.697. The van der Waals surface area contributed by atoms with Gasteiger partial charge in [0.25, 0.3) is 11.5 Å². The minimum Gasteiger partial charge on any atom is -0.493 e. The van der Waals surface area contributed by atoms with E-state index in [1.54, 1.807) is 31.9 Å². The van der Waals surface area contributed by atoms with E-state index in [-0.39, 0.29) is 35.5 Å². The molecule has 2 N–H and O–H groups in total. The third-order valence-electron chi connectivity index (χ3n) is 5.36. The Balaban J connectivity index is 0.00000320. The van der Waals surface area contributed by atoms with Gasteiger partial charge in [0.2, 0.25) is 0 Å². The minimum absolute atomic E-state index is 0. The number of pyridine rings is 1. The zero-order chi connectivity index (χ0) is 20.8. The molecular formula is C22H30ClN3O4. The summed E-state index contributed by atoms with van der Waals surface area (Å²) in [4.78, 5) is 25.7. The zero-order valence-electron chi connectivity index (χ0n) is 17.7. The second kappa shape index (κ2) is 11.0. The normalized spacial score (nSPS) is 14.0. The molecule has 1 aliphatic heterocycles. The number of hydrogen-bond acceptors (Lipinski definition) is 5. The van der Waals surface area contributed by atoms with Gasteiger partial charge in [-0.25, -0.2) is 0 Å². The number of amides is 1. The monoisotopic (exact) mass is 435 g/mol. The first-order chi connectivity index (χ1) is 14.0. The lowest BCUT2D eigenvalue weighted by molar-refractivity contribution is 0.0926. The van der Waals surface area contributed by atoms with Crippen LogP contribution >= 0.6 is 12.4 Å². The van der Waals surface area contributed by atoms with Crippen LogP contribution in [0.4, 0.5) is 0 Å². The molecule has 2 aromatic rings. The van der Waals surface area contributed by atoms with Gasteiger partial charge in [0.05, 0.1) is 14.2 Å². The molecule has 1 aromatic carbocycles. The second-order valence-corrected chi connectivity index (χ2v) is 7.31. The number of methoxy groups -OCH3 is 2. The molecule has 1 amide bonds. The Morgan fingerprint density at radius 2 is 1.87 bits per heavy atom. The first kappa shape index (κ1) is 23.8. The van der Waals surface area contributed by atoms with E-state index in [2.05, 4.69) is 10.6 Å². The molecule has 0 aliphatic carbocycles. The average Bonchev–Trinajstić information content (AvgIpc) is 2.73. The van der Waals surface area contributed by atoms with Crippen LogP contribution in [0.2, 0.25) is 0 Å². The van der Waals surface area contributed by atoms with Gasteiger partial charge in [0.1, 0.15) is 5.56 Å². The lowest BCUT2D eigenvalue weighted by Crippen LogP contribution is -2.44. The lowest BCUT2D eigenvalue weighted by Gasteiger charge is -2.24. The Hall–Kier alpha value is -2.51. The van der Waals surface area contributed by atoms with Crippen LogP contribution in [0.3, 0.4) is 0 Å². The van der Waals surface area contributed by atoms with Crippen molar-refractivity contribution in [2.24, 2.45) is 0 Å². The molecular weight excluding hydrogens is 406 g/mol. The summed E-state index contributed by atoms with van der Waals surface area (Å²) in [6, 6.07) is 7.65. The van der Waals surface area contributed by atoms with Gasteiger partial charge in [0, 0.05) is 18.8 Å². The number of piperidine rings is 1. The van der Waals surface area contributed by atoms with Crippen LogP contribution < -0.4 is 25.7 Å². The Kier molecular flexibility index (Phi) is 8.74. The van der Waals surface area contributed by atoms with Gasteiger partial charge in [0.15, 0.2) is 11.5 Å².